The summed E-state index contributed by atoms with van der Waals surface area (Å²) >= 11 is 1.89. The maximum absolute atomic E-state index is 9.53. The molecule has 2 fully saturated rings. The van der Waals surface area contributed by atoms with Gasteiger partial charge in [-0.1, -0.05) is 24.6 Å². The molecule has 0 radical (unpaired) electrons. The van der Waals surface area contributed by atoms with Crippen molar-refractivity contribution in [3.05, 3.63) is 28.8 Å². The Hall–Kier alpha value is -1.51. The van der Waals surface area contributed by atoms with E-state index >= 15 is 0 Å². The van der Waals surface area contributed by atoms with Crippen molar-refractivity contribution in [3.63, 3.8) is 0 Å². The molecule has 4 rings (SSSR count). The second-order valence-electron chi connectivity index (χ2n) is 9.96. The SMILES string of the molecule is C[C@@H](OC(C)(C)C)[C@@H]1CSC(=Nc2ccc(C#N)c3c2CCCC3)N1C1CCCC1. The maximum Gasteiger partial charge on any atom is 0.165 e. The fraction of sp³-hybridized carbons (Fsp3) is 0.680. The van der Waals surface area contributed by atoms with Crippen LogP contribution >= 0.6 is 11.8 Å². The molecule has 162 valence electrons. The number of aliphatic imine (C=N–C) groups is 1. The number of rotatable bonds is 4. The minimum absolute atomic E-state index is 0.141. The first-order valence-electron chi connectivity index (χ1n) is 11.6. The smallest absolute Gasteiger partial charge is 0.165 e. The molecular weight excluding hydrogens is 390 g/mol. The van der Waals surface area contributed by atoms with E-state index in [4.69, 9.17) is 9.73 Å². The van der Waals surface area contributed by atoms with Gasteiger partial charge in [0.05, 0.1) is 35.1 Å². The van der Waals surface area contributed by atoms with E-state index in [1.807, 2.05) is 17.8 Å². The van der Waals surface area contributed by atoms with E-state index < -0.39 is 0 Å². The van der Waals surface area contributed by atoms with Crippen molar-refractivity contribution in [2.45, 2.75) is 103 Å². The molecule has 5 heteroatoms. The number of thioether (sulfide) groups is 1. The molecule has 0 unspecified atom stereocenters. The lowest BCUT2D eigenvalue weighted by molar-refractivity contribution is -0.0763. The third-order valence-corrected chi connectivity index (χ3v) is 7.68. The first kappa shape index (κ1) is 21.7. The summed E-state index contributed by atoms with van der Waals surface area (Å²) in [5.74, 6) is 1.03. The number of ether oxygens (including phenoxy) is 1. The van der Waals surface area contributed by atoms with Crippen LogP contribution in [0.4, 0.5) is 5.69 Å². The van der Waals surface area contributed by atoms with Gasteiger partial charge in [0, 0.05) is 11.8 Å². The number of fused-ring (bicyclic) bond motifs is 1. The van der Waals surface area contributed by atoms with Gasteiger partial charge in [0.15, 0.2) is 5.17 Å². The van der Waals surface area contributed by atoms with Crippen LogP contribution in [0.15, 0.2) is 17.1 Å². The zero-order valence-corrected chi connectivity index (χ0v) is 19.7. The lowest BCUT2D eigenvalue weighted by Gasteiger charge is -2.37. The molecule has 0 bridgehead atoms. The highest BCUT2D eigenvalue weighted by Crippen LogP contribution is 2.39. The van der Waals surface area contributed by atoms with Crippen molar-refractivity contribution in [2.24, 2.45) is 4.99 Å². The molecule has 1 saturated heterocycles. The Balaban J connectivity index is 1.67. The Morgan fingerprint density at radius 3 is 2.50 bits per heavy atom. The van der Waals surface area contributed by atoms with Gasteiger partial charge in [0.2, 0.25) is 0 Å². The third-order valence-electron chi connectivity index (χ3n) is 6.61. The molecule has 2 atom stereocenters. The normalized spacial score (nSPS) is 24.8. The molecule has 2 aliphatic carbocycles. The number of nitriles is 1. The number of nitrogens with zero attached hydrogens (tertiary/aromatic N) is 3. The molecule has 0 amide bonds. The highest BCUT2D eigenvalue weighted by Gasteiger charge is 2.41. The van der Waals surface area contributed by atoms with Gasteiger partial charge >= 0.3 is 0 Å². The zero-order valence-electron chi connectivity index (χ0n) is 18.9. The van der Waals surface area contributed by atoms with Gasteiger partial charge in [0.25, 0.3) is 0 Å². The minimum atomic E-state index is -0.141. The highest BCUT2D eigenvalue weighted by atomic mass is 32.2. The summed E-state index contributed by atoms with van der Waals surface area (Å²) < 4.78 is 6.38. The predicted molar refractivity (Wildman–Crippen MR) is 126 cm³/mol. The van der Waals surface area contributed by atoms with Crippen molar-refractivity contribution in [2.75, 3.05) is 5.75 Å². The van der Waals surface area contributed by atoms with E-state index in [1.54, 1.807) is 0 Å². The first-order valence-corrected chi connectivity index (χ1v) is 12.6. The summed E-state index contributed by atoms with van der Waals surface area (Å²) in [6, 6.07) is 7.38. The van der Waals surface area contributed by atoms with E-state index in [1.165, 1.54) is 49.7 Å². The average molecular weight is 426 g/mol. The maximum atomic E-state index is 9.53. The second kappa shape index (κ2) is 8.93. The van der Waals surface area contributed by atoms with Gasteiger partial charge in [0.1, 0.15) is 0 Å². The van der Waals surface area contributed by atoms with Crippen molar-refractivity contribution in [1.82, 2.24) is 4.90 Å². The fourth-order valence-electron chi connectivity index (χ4n) is 5.32. The van der Waals surface area contributed by atoms with Crippen LogP contribution in [0, 0.1) is 11.3 Å². The number of hydrogen-bond acceptors (Lipinski definition) is 4. The fourth-order valence-corrected chi connectivity index (χ4v) is 6.66. The van der Waals surface area contributed by atoms with Gasteiger partial charge in [-0.25, -0.2) is 4.99 Å². The molecular formula is C25H35N3OS. The van der Waals surface area contributed by atoms with E-state index in [0.29, 0.717) is 12.1 Å². The molecule has 0 N–H and O–H groups in total. The lowest BCUT2D eigenvalue weighted by atomic mass is 9.87. The van der Waals surface area contributed by atoms with Crippen LogP contribution in [0.3, 0.4) is 0 Å². The molecule has 1 aromatic rings. The van der Waals surface area contributed by atoms with Gasteiger partial charge in [-0.05, 0) is 89.5 Å². The van der Waals surface area contributed by atoms with Crippen molar-refractivity contribution in [1.29, 1.82) is 5.26 Å². The van der Waals surface area contributed by atoms with E-state index in [-0.39, 0.29) is 11.7 Å². The Kier molecular flexibility index (Phi) is 6.46. The van der Waals surface area contributed by atoms with E-state index in [9.17, 15) is 5.26 Å². The molecule has 1 saturated carbocycles. The van der Waals surface area contributed by atoms with Crippen molar-refractivity contribution in [3.8, 4) is 6.07 Å². The molecule has 1 heterocycles. The highest BCUT2D eigenvalue weighted by molar-refractivity contribution is 8.14. The van der Waals surface area contributed by atoms with Crippen LogP contribution in [0.5, 0.6) is 0 Å². The summed E-state index contributed by atoms with van der Waals surface area (Å²) in [6.45, 7) is 8.65. The predicted octanol–water partition coefficient (Wildman–Crippen LogP) is 5.99. The quantitative estimate of drug-likeness (QED) is 0.595. The number of benzene rings is 1. The van der Waals surface area contributed by atoms with E-state index in [0.717, 1.165) is 35.0 Å². The molecule has 1 aromatic carbocycles. The van der Waals surface area contributed by atoms with Crippen LogP contribution in [0.2, 0.25) is 0 Å². The summed E-state index contributed by atoms with van der Waals surface area (Å²) in [5.41, 5.74) is 4.33. The molecule has 3 aliphatic rings. The second-order valence-corrected chi connectivity index (χ2v) is 10.9. The van der Waals surface area contributed by atoms with Gasteiger partial charge < -0.3 is 9.64 Å². The van der Waals surface area contributed by atoms with Gasteiger partial charge in [-0.3, -0.25) is 0 Å². The summed E-state index contributed by atoms with van der Waals surface area (Å²) in [6.07, 6.45) is 9.72. The zero-order chi connectivity index (χ0) is 21.3. The molecule has 0 aromatic heterocycles. The first-order chi connectivity index (χ1) is 14.4. The van der Waals surface area contributed by atoms with Crippen LogP contribution in [-0.4, -0.2) is 39.6 Å². The Morgan fingerprint density at radius 2 is 1.83 bits per heavy atom. The lowest BCUT2D eigenvalue weighted by Crippen LogP contribution is -2.48. The number of hydrogen-bond donors (Lipinski definition) is 0. The summed E-state index contributed by atoms with van der Waals surface area (Å²) in [5, 5.41) is 10.7. The topological polar surface area (TPSA) is 48.6 Å². The standard InChI is InChI=1S/C25H35N3OS/c1-17(29-25(2,3)4)23-16-30-24(28(23)19-9-5-6-10-19)27-22-14-13-18(15-26)20-11-7-8-12-21(20)22/h13-14,17,19,23H,5-12,16H2,1-4H3/t17-,23+/m1/s1. The molecule has 30 heavy (non-hydrogen) atoms. The molecule has 1 aliphatic heterocycles. The minimum Gasteiger partial charge on any atom is -0.371 e. The Labute approximate surface area is 186 Å². The monoisotopic (exact) mass is 425 g/mol. The Bertz CT molecular complexity index is 845. The van der Waals surface area contributed by atoms with E-state index in [2.05, 4.69) is 44.7 Å². The molecule has 0 spiro atoms. The van der Waals surface area contributed by atoms with Crippen LogP contribution in [0.25, 0.3) is 0 Å². The summed E-state index contributed by atoms with van der Waals surface area (Å²) in [4.78, 5) is 7.84. The van der Waals surface area contributed by atoms with Gasteiger partial charge in [-0.15, -0.1) is 0 Å². The average Bonchev–Trinajstić information content (AvgIpc) is 3.36. The third kappa shape index (κ3) is 4.55. The Morgan fingerprint density at radius 1 is 1.13 bits per heavy atom. The van der Waals surface area contributed by atoms with Crippen LogP contribution in [0.1, 0.15) is 82.9 Å². The number of amidine groups is 1. The van der Waals surface area contributed by atoms with Crippen molar-refractivity contribution < 1.29 is 4.74 Å². The largest absolute Gasteiger partial charge is 0.371 e. The van der Waals surface area contributed by atoms with Gasteiger partial charge in [-0.2, -0.15) is 5.26 Å². The van der Waals surface area contributed by atoms with Crippen molar-refractivity contribution >= 4 is 22.6 Å². The molecule has 4 nitrogen and oxygen atoms in total. The van der Waals surface area contributed by atoms with Crippen LogP contribution < -0.4 is 0 Å². The van der Waals surface area contributed by atoms with Crippen LogP contribution in [-0.2, 0) is 17.6 Å². The summed E-state index contributed by atoms with van der Waals surface area (Å²) in [7, 11) is 0.